The van der Waals surface area contributed by atoms with Crippen LogP contribution in [0.2, 0.25) is 0 Å². The molecule has 0 aliphatic heterocycles. The van der Waals surface area contributed by atoms with Crippen LogP contribution in [-0.4, -0.2) is 12.1 Å². The molecule has 178 valence electrons. The number of amides is 2. The van der Waals surface area contributed by atoms with Gasteiger partial charge in [-0.1, -0.05) is 107 Å². The van der Waals surface area contributed by atoms with Crippen LogP contribution < -0.4 is 10.6 Å². The van der Waals surface area contributed by atoms with Gasteiger partial charge in [0, 0.05) is 17.1 Å². The molecule has 0 spiro atoms. The summed E-state index contributed by atoms with van der Waals surface area (Å²) in [6.45, 7) is 8.71. The summed E-state index contributed by atoms with van der Waals surface area (Å²) in [5, 5.41) is 6.51. The highest BCUT2D eigenvalue weighted by Crippen LogP contribution is 2.45. The van der Waals surface area contributed by atoms with Gasteiger partial charge in [0.1, 0.15) is 0 Å². The molecule has 0 bridgehead atoms. The molecule has 0 saturated heterocycles. The fraction of sp³-hybridized carbons (Fsp3) is 0.387. The molecule has 2 amide bonds. The summed E-state index contributed by atoms with van der Waals surface area (Å²) in [6, 6.07) is 28.2. The second kappa shape index (κ2) is 10.5. The van der Waals surface area contributed by atoms with Crippen LogP contribution in [-0.2, 0) is 5.41 Å². The number of carbonyl (C=O) groups excluding carboxylic acids is 1. The summed E-state index contributed by atoms with van der Waals surface area (Å²) in [4.78, 5) is 13.1. The van der Waals surface area contributed by atoms with Crippen LogP contribution in [0, 0.1) is 0 Å². The van der Waals surface area contributed by atoms with E-state index in [4.69, 9.17) is 0 Å². The Kier molecular flexibility index (Phi) is 7.41. The lowest BCUT2D eigenvalue weighted by Crippen LogP contribution is -2.44. The third-order valence-corrected chi connectivity index (χ3v) is 7.44. The maximum atomic E-state index is 13.1. The molecular weight excluding hydrogens is 416 g/mol. The Balaban J connectivity index is 1.49. The van der Waals surface area contributed by atoms with Gasteiger partial charge in [0.05, 0.1) is 0 Å². The Labute approximate surface area is 205 Å². The summed E-state index contributed by atoms with van der Waals surface area (Å²) in [5.41, 5.74) is 6.11. The quantitative estimate of drug-likeness (QED) is 0.389. The minimum absolute atomic E-state index is 0.00618. The number of carbonyl (C=O) groups is 1. The van der Waals surface area contributed by atoms with E-state index in [1.54, 1.807) is 0 Å². The Morgan fingerprint density at radius 2 is 1.21 bits per heavy atom. The van der Waals surface area contributed by atoms with Gasteiger partial charge in [-0.2, -0.15) is 0 Å². The van der Waals surface area contributed by atoms with Crippen molar-refractivity contribution in [1.82, 2.24) is 5.32 Å². The fourth-order valence-corrected chi connectivity index (χ4v) is 5.54. The molecule has 0 radical (unpaired) electrons. The fourth-order valence-electron chi connectivity index (χ4n) is 5.54. The predicted octanol–water partition coefficient (Wildman–Crippen LogP) is 7.98. The molecule has 1 saturated carbocycles. The second-order valence-corrected chi connectivity index (χ2v) is 10.3. The first-order valence-corrected chi connectivity index (χ1v) is 12.7. The Morgan fingerprint density at radius 3 is 1.65 bits per heavy atom. The zero-order valence-corrected chi connectivity index (χ0v) is 21.0. The highest BCUT2D eigenvalue weighted by atomic mass is 16.2. The van der Waals surface area contributed by atoms with E-state index in [-0.39, 0.29) is 17.5 Å². The largest absolute Gasteiger partial charge is 0.335 e. The lowest BCUT2D eigenvalue weighted by atomic mass is 9.64. The SMILES string of the molecule is CC(C)c1cccc(C(C)C)c1NC(=O)NC1CCC(c2ccccc2)(c2ccccc2)CC1. The first-order chi connectivity index (χ1) is 16.4. The predicted molar refractivity (Wildman–Crippen MR) is 143 cm³/mol. The van der Waals surface area contributed by atoms with Gasteiger partial charge < -0.3 is 10.6 Å². The summed E-state index contributed by atoms with van der Waals surface area (Å²) in [6.07, 6.45) is 3.96. The zero-order chi connectivity index (χ0) is 24.1. The third kappa shape index (κ3) is 5.04. The molecule has 2 N–H and O–H groups in total. The number of anilines is 1. The van der Waals surface area contributed by atoms with Crippen LogP contribution in [0.25, 0.3) is 0 Å². The average molecular weight is 455 g/mol. The van der Waals surface area contributed by atoms with E-state index in [0.29, 0.717) is 11.8 Å². The summed E-state index contributed by atoms with van der Waals surface area (Å²) in [7, 11) is 0. The molecule has 1 fully saturated rings. The van der Waals surface area contributed by atoms with Crippen LogP contribution in [0.15, 0.2) is 78.9 Å². The maximum absolute atomic E-state index is 13.1. The van der Waals surface area contributed by atoms with Gasteiger partial charge >= 0.3 is 6.03 Å². The summed E-state index contributed by atoms with van der Waals surface area (Å²) >= 11 is 0. The molecule has 1 aliphatic rings. The summed E-state index contributed by atoms with van der Waals surface area (Å²) < 4.78 is 0. The van der Waals surface area contributed by atoms with Crippen molar-refractivity contribution in [3.63, 3.8) is 0 Å². The topological polar surface area (TPSA) is 41.1 Å². The van der Waals surface area contributed by atoms with Crippen LogP contribution >= 0.6 is 0 Å². The molecule has 0 aromatic heterocycles. The number of nitrogens with one attached hydrogen (secondary N) is 2. The van der Waals surface area contributed by atoms with Crippen molar-refractivity contribution in [1.29, 1.82) is 0 Å². The molecule has 3 aromatic carbocycles. The number of hydrogen-bond donors (Lipinski definition) is 2. The molecule has 0 unspecified atom stereocenters. The first kappa shape index (κ1) is 24.1. The normalized spacial score (nSPS) is 15.9. The molecule has 3 heteroatoms. The molecule has 4 rings (SSSR count). The van der Waals surface area contributed by atoms with Gasteiger partial charge in [0.15, 0.2) is 0 Å². The number of rotatable bonds is 6. The number of benzene rings is 3. The molecule has 3 aromatic rings. The molecule has 0 atom stereocenters. The van der Waals surface area contributed by atoms with E-state index in [1.165, 1.54) is 22.3 Å². The van der Waals surface area contributed by atoms with Crippen LogP contribution in [0.3, 0.4) is 0 Å². The maximum Gasteiger partial charge on any atom is 0.319 e. The van der Waals surface area contributed by atoms with E-state index in [1.807, 2.05) is 0 Å². The van der Waals surface area contributed by atoms with Gasteiger partial charge in [-0.15, -0.1) is 0 Å². The minimum atomic E-state index is -0.0908. The first-order valence-electron chi connectivity index (χ1n) is 12.7. The van der Waals surface area contributed by atoms with Crippen molar-refractivity contribution >= 4 is 11.7 Å². The van der Waals surface area contributed by atoms with E-state index in [9.17, 15) is 4.79 Å². The third-order valence-electron chi connectivity index (χ3n) is 7.44. The Morgan fingerprint density at radius 1 is 0.735 bits per heavy atom. The van der Waals surface area contributed by atoms with E-state index in [2.05, 4.69) is 117 Å². The van der Waals surface area contributed by atoms with E-state index in [0.717, 1.165) is 31.4 Å². The lowest BCUT2D eigenvalue weighted by molar-refractivity contribution is 0.236. The monoisotopic (exact) mass is 454 g/mol. The van der Waals surface area contributed by atoms with Crippen LogP contribution in [0.4, 0.5) is 10.5 Å². The highest BCUT2D eigenvalue weighted by Gasteiger charge is 2.38. The number of urea groups is 1. The van der Waals surface area contributed by atoms with Crippen molar-refractivity contribution in [2.75, 3.05) is 5.32 Å². The zero-order valence-electron chi connectivity index (χ0n) is 21.0. The van der Waals surface area contributed by atoms with Crippen LogP contribution in [0.1, 0.15) is 87.5 Å². The van der Waals surface area contributed by atoms with Crippen molar-refractivity contribution in [2.24, 2.45) is 0 Å². The average Bonchev–Trinajstić information content (AvgIpc) is 2.85. The molecule has 0 heterocycles. The van der Waals surface area contributed by atoms with Gasteiger partial charge in [-0.25, -0.2) is 4.79 Å². The van der Waals surface area contributed by atoms with Gasteiger partial charge in [-0.3, -0.25) is 0 Å². The van der Waals surface area contributed by atoms with Crippen molar-refractivity contribution < 1.29 is 4.79 Å². The molecule has 3 nitrogen and oxygen atoms in total. The molecular formula is C31H38N2O. The van der Waals surface area contributed by atoms with Gasteiger partial charge in [0.2, 0.25) is 0 Å². The smallest absolute Gasteiger partial charge is 0.319 e. The number of para-hydroxylation sites is 1. The Bertz CT molecular complexity index is 1010. The minimum Gasteiger partial charge on any atom is -0.335 e. The van der Waals surface area contributed by atoms with E-state index >= 15 is 0 Å². The Hall–Kier alpha value is -3.07. The van der Waals surface area contributed by atoms with Gasteiger partial charge in [-0.05, 0) is 59.8 Å². The standard InChI is InChI=1S/C31H38N2O/c1-22(2)27-16-11-17-28(23(3)4)29(27)33-30(34)32-26-18-20-31(21-19-26,24-12-7-5-8-13-24)25-14-9-6-10-15-25/h5-17,22-23,26H,18-21H2,1-4H3,(H2,32,33,34). The lowest BCUT2D eigenvalue weighted by Gasteiger charge is -2.41. The molecule has 1 aliphatic carbocycles. The summed E-state index contributed by atoms with van der Waals surface area (Å²) in [5.74, 6) is 0.696. The van der Waals surface area contributed by atoms with Crippen LogP contribution in [0.5, 0.6) is 0 Å². The van der Waals surface area contributed by atoms with E-state index < -0.39 is 0 Å². The number of hydrogen-bond acceptors (Lipinski definition) is 1. The van der Waals surface area contributed by atoms with Crippen molar-refractivity contribution in [2.45, 2.75) is 76.7 Å². The van der Waals surface area contributed by atoms with Crippen molar-refractivity contribution in [3.05, 3.63) is 101 Å². The molecule has 34 heavy (non-hydrogen) atoms. The van der Waals surface area contributed by atoms with Gasteiger partial charge in [0.25, 0.3) is 0 Å². The van der Waals surface area contributed by atoms with Crippen molar-refractivity contribution in [3.8, 4) is 0 Å². The highest BCUT2D eigenvalue weighted by molar-refractivity contribution is 5.91. The second-order valence-electron chi connectivity index (χ2n) is 10.3.